The lowest BCUT2D eigenvalue weighted by atomic mass is 9.86. The molecule has 0 spiro atoms. The molecule has 0 saturated carbocycles. The summed E-state index contributed by atoms with van der Waals surface area (Å²) in [6.07, 6.45) is 0.473. The molecule has 0 aromatic heterocycles. The lowest BCUT2D eigenvalue weighted by molar-refractivity contribution is 0.582. The van der Waals surface area contributed by atoms with Crippen LogP contribution in [-0.4, -0.2) is 11.5 Å². The van der Waals surface area contributed by atoms with E-state index in [0.717, 1.165) is 11.6 Å². The van der Waals surface area contributed by atoms with Gasteiger partial charge < -0.3 is 5.73 Å². The zero-order valence-corrected chi connectivity index (χ0v) is 11.1. The number of hydrogen-bond acceptors (Lipinski definition) is 3. The fraction of sp³-hybridized carbons (Fsp3) is 0.125. The maximum atomic E-state index is 13.4. The van der Waals surface area contributed by atoms with E-state index in [1.54, 1.807) is 0 Å². The van der Waals surface area contributed by atoms with Gasteiger partial charge in [0, 0.05) is 24.0 Å². The monoisotopic (exact) mass is 285 g/mol. The molecular weight excluding hydrogens is 272 g/mol. The summed E-state index contributed by atoms with van der Waals surface area (Å²) in [5.74, 6) is -1.03. The molecular formula is C16H13F2N3. The predicted molar refractivity (Wildman–Crippen MR) is 78.3 cm³/mol. The van der Waals surface area contributed by atoms with E-state index in [1.807, 2.05) is 30.3 Å². The summed E-state index contributed by atoms with van der Waals surface area (Å²) >= 11 is 0. The third-order valence-electron chi connectivity index (χ3n) is 3.39. The van der Waals surface area contributed by atoms with Crippen LogP contribution in [0.5, 0.6) is 0 Å². The van der Waals surface area contributed by atoms with Gasteiger partial charge in [0.1, 0.15) is 17.5 Å². The summed E-state index contributed by atoms with van der Waals surface area (Å²) in [4.78, 5) is 0. The van der Waals surface area contributed by atoms with Crippen molar-refractivity contribution in [1.82, 2.24) is 0 Å². The molecule has 21 heavy (non-hydrogen) atoms. The van der Waals surface area contributed by atoms with Crippen molar-refractivity contribution in [3.05, 3.63) is 71.3 Å². The summed E-state index contributed by atoms with van der Waals surface area (Å²) in [5.41, 5.74) is 7.65. The molecule has 106 valence electrons. The molecule has 3 nitrogen and oxygen atoms in total. The second-order valence-electron chi connectivity index (χ2n) is 4.90. The van der Waals surface area contributed by atoms with Crippen LogP contribution in [0.2, 0.25) is 0 Å². The molecule has 1 atom stereocenters. The number of nitrogens with zero attached hydrogens (tertiary/aromatic N) is 2. The van der Waals surface area contributed by atoms with Crippen LogP contribution in [0, 0.1) is 11.6 Å². The SMILES string of the molecule is NC1=NN=C(c2cc(F)cc(F)c2)C(c2ccccc2)C1. The van der Waals surface area contributed by atoms with Gasteiger partial charge in [0.05, 0.1) is 5.71 Å². The molecule has 2 N–H and O–H groups in total. The molecule has 0 amide bonds. The predicted octanol–water partition coefficient (Wildman–Crippen LogP) is 3.21. The highest BCUT2D eigenvalue weighted by atomic mass is 19.1. The van der Waals surface area contributed by atoms with Gasteiger partial charge in [-0.05, 0) is 17.7 Å². The van der Waals surface area contributed by atoms with Crippen LogP contribution in [0.25, 0.3) is 0 Å². The fourth-order valence-corrected chi connectivity index (χ4v) is 2.46. The Labute approximate surface area is 120 Å². The highest BCUT2D eigenvalue weighted by molar-refractivity contribution is 6.08. The highest BCUT2D eigenvalue weighted by Gasteiger charge is 2.25. The maximum absolute atomic E-state index is 13.4. The summed E-state index contributed by atoms with van der Waals surface area (Å²) in [6, 6.07) is 12.9. The molecule has 1 unspecified atom stereocenters. The summed E-state index contributed by atoms with van der Waals surface area (Å²) in [5, 5.41) is 7.93. The van der Waals surface area contributed by atoms with Crippen molar-refractivity contribution in [2.24, 2.45) is 15.9 Å². The second kappa shape index (κ2) is 5.44. The molecule has 1 aliphatic rings. The van der Waals surface area contributed by atoms with Crippen LogP contribution in [0.15, 0.2) is 58.7 Å². The van der Waals surface area contributed by atoms with E-state index in [1.165, 1.54) is 12.1 Å². The zero-order valence-electron chi connectivity index (χ0n) is 11.1. The van der Waals surface area contributed by atoms with Crippen LogP contribution < -0.4 is 5.73 Å². The third-order valence-corrected chi connectivity index (χ3v) is 3.39. The molecule has 0 fully saturated rings. The summed E-state index contributed by atoms with van der Waals surface area (Å²) in [7, 11) is 0. The van der Waals surface area contributed by atoms with Gasteiger partial charge in [0.15, 0.2) is 0 Å². The largest absolute Gasteiger partial charge is 0.386 e. The van der Waals surface area contributed by atoms with Crippen LogP contribution in [-0.2, 0) is 0 Å². The topological polar surface area (TPSA) is 50.7 Å². The van der Waals surface area contributed by atoms with E-state index >= 15 is 0 Å². The van der Waals surface area contributed by atoms with Crippen LogP contribution in [0.3, 0.4) is 0 Å². The minimum Gasteiger partial charge on any atom is -0.386 e. The second-order valence-corrected chi connectivity index (χ2v) is 4.90. The summed E-state index contributed by atoms with van der Waals surface area (Å²) < 4.78 is 26.9. The van der Waals surface area contributed by atoms with E-state index in [9.17, 15) is 8.78 Å². The van der Waals surface area contributed by atoms with E-state index in [4.69, 9.17) is 5.73 Å². The molecule has 1 heterocycles. The van der Waals surface area contributed by atoms with Crippen molar-refractivity contribution in [3.63, 3.8) is 0 Å². The van der Waals surface area contributed by atoms with Crippen molar-refractivity contribution in [3.8, 4) is 0 Å². The number of halogens is 2. The molecule has 0 radical (unpaired) electrons. The fourth-order valence-electron chi connectivity index (χ4n) is 2.46. The van der Waals surface area contributed by atoms with Crippen LogP contribution >= 0.6 is 0 Å². The van der Waals surface area contributed by atoms with Gasteiger partial charge in [-0.25, -0.2) is 8.78 Å². The molecule has 5 heteroatoms. The Bertz CT molecular complexity index is 703. The first-order valence-electron chi connectivity index (χ1n) is 6.55. The Hall–Kier alpha value is -2.56. The lowest BCUT2D eigenvalue weighted by Crippen LogP contribution is -2.26. The van der Waals surface area contributed by atoms with Gasteiger partial charge in [0.25, 0.3) is 0 Å². The van der Waals surface area contributed by atoms with E-state index in [2.05, 4.69) is 10.2 Å². The van der Waals surface area contributed by atoms with Crippen molar-refractivity contribution >= 4 is 11.5 Å². The number of amidine groups is 1. The molecule has 0 aliphatic carbocycles. The molecule has 0 bridgehead atoms. The van der Waals surface area contributed by atoms with Crippen LogP contribution in [0.1, 0.15) is 23.5 Å². The minimum absolute atomic E-state index is 0.162. The Kier molecular flexibility index (Phi) is 3.48. The lowest BCUT2D eigenvalue weighted by Gasteiger charge is -2.22. The smallest absolute Gasteiger partial charge is 0.126 e. The van der Waals surface area contributed by atoms with Crippen LogP contribution in [0.4, 0.5) is 8.78 Å². The first kappa shape index (κ1) is 13.4. The molecule has 3 rings (SSSR count). The van der Waals surface area contributed by atoms with Crippen molar-refractivity contribution in [2.45, 2.75) is 12.3 Å². The Morgan fingerprint density at radius 2 is 1.62 bits per heavy atom. The zero-order chi connectivity index (χ0) is 14.8. The third kappa shape index (κ3) is 2.81. The van der Waals surface area contributed by atoms with Gasteiger partial charge >= 0.3 is 0 Å². The average Bonchev–Trinajstić information content (AvgIpc) is 2.47. The van der Waals surface area contributed by atoms with Crippen molar-refractivity contribution in [1.29, 1.82) is 0 Å². The highest BCUT2D eigenvalue weighted by Crippen LogP contribution is 2.28. The molecule has 2 aromatic carbocycles. The maximum Gasteiger partial charge on any atom is 0.126 e. The van der Waals surface area contributed by atoms with Gasteiger partial charge in [-0.2, -0.15) is 5.10 Å². The van der Waals surface area contributed by atoms with E-state index < -0.39 is 11.6 Å². The van der Waals surface area contributed by atoms with E-state index in [-0.39, 0.29) is 5.92 Å². The normalized spacial score (nSPS) is 18.1. The number of rotatable bonds is 2. The first-order valence-corrected chi connectivity index (χ1v) is 6.55. The van der Waals surface area contributed by atoms with Gasteiger partial charge in [-0.15, -0.1) is 5.10 Å². The quantitative estimate of drug-likeness (QED) is 0.905. The number of nitrogens with two attached hydrogens (primary N) is 1. The number of hydrogen-bond donors (Lipinski definition) is 1. The van der Waals surface area contributed by atoms with Crippen molar-refractivity contribution in [2.75, 3.05) is 0 Å². The molecule has 2 aromatic rings. The van der Waals surface area contributed by atoms with Gasteiger partial charge in [0.2, 0.25) is 0 Å². The summed E-state index contributed by atoms with van der Waals surface area (Å²) in [6.45, 7) is 0. The Balaban J connectivity index is 2.08. The first-order chi connectivity index (χ1) is 10.1. The van der Waals surface area contributed by atoms with Crippen molar-refractivity contribution < 1.29 is 8.78 Å². The van der Waals surface area contributed by atoms with Gasteiger partial charge in [-0.3, -0.25) is 0 Å². The molecule has 1 aliphatic heterocycles. The standard InChI is InChI=1S/C16H13F2N3/c17-12-6-11(7-13(18)8-12)16-14(9-15(19)20-21-16)10-4-2-1-3-5-10/h1-8,14H,9H2,(H2,19,20). The number of benzene rings is 2. The average molecular weight is 285 g/mol. The van der Waals surface area contributed by atoms with Gasteiger partial charge in [-0.1, -0.05) is 30.3 Å². The minimum atomic E-state index is -0.637. The Morgan fingerprint density at radius 3 is 2.29 bits per heavy atom. The Morgan fingerprint density at radius 1 is 0.952 bits per heavy atom. The van der Waals surface area contributed by atoms with E-state index in [0.29, 0.717) is 23.5 Å². The molecule has 0 saturated heterocycles.